The lowest BCUT2D eigenvalue weighted by molar-refractivity contribution is 0.0750. The van der Waals surface area contributed by atoms with Crippen LogP contribution in [0, 0.1) is 6.92 Å². The Morgan fingerprint density at radius 2 is 1.74 bits per heavy atom. The van der Waals surface area contributed by atoms with E-state index in [0.29, 0.717) is 5.69 Å². The minimum atomic E-state index is 0.117. The predicted octanol–water partition coefficient (Wildman–Crippen LogP) is 3.62. The lowest BCUT2D eigenvalue weighted by atomic mass is 10.1. The van der Waals surface area contributed by atoms with E-state index in [-0.39, 0.29) is 5.91 Å². The molecule has 1 rings (SSSR count). The van der Waals surface area contributed by atoms with Crippen molar-refractivity contribution < 1.29 is 4.79 Å². The first-order valence-electron chi connectivity index (χ1n) is 7.25. The quantitative estimate of drug-likeness (QED) is 0.763. The molecule has 3 nitrogen and oxygen atoms in total. The molecule has 0 atom stereocenters. The zero-order valence-electron chi connectivity index (χ0n) is 12.4. The second kappa shape index (κ2) is 7.82. The number of nitrogens with zero attached hydrogens (tertiary/aromatic N) is 1. The largest absolute Gasteiger partial charge is 0.399 e. The number of anilines is 1. The lowest BCUT2D eigenvalue weighted by Gasteiger charge is -2.23. The molecule has 106 valence electrons. The molecule has 0 bridgehead atoms. The van der Waals surface area contributed by atoms with Crippen molar-refractivity contribution in [2.24, 2.45) is 0 Å². The van der Waals surface area contributed by atoms with Crippen LogP contribution in [0.2, 0.25) is 0 Å². The molecule has 0 unspecified atom stereocenters. The number of rotatable bonds is 7. The molecule has 0 aromatic heterocycles. The molecular formula is C16H26N2O. The van der Waals surface area contributed by atoms with E-state index in [1.807, 2.05) is 24.0 Å². The molecule has 0 aliphatic heterocycles. The van der Waals surface area contributed by atoms with Crippen molar-refractivity contribution in [1.82, 2.24) is 4.90 Å². The summed E-state index contributed by atoms with van der Waals surface area (Å²) in [6.07, 6.45) is 4.31. The van der Waals surface area contributed by atoms with Gasteiger partial charge in [-0.25, -0.2) is 0 Å². The zero-order chi connectivity index (χ0) is 14.3. The van der Waals surface area contributed by atoms with E-state index in [4.69, 9.17) is 5.73 Å². The van der Waals surface area contributed by atoms with Crippen LogP contribution in [-0.2, 0) is 0 Å². The summed E-state index contributed by atoms with van der Waals surface area (Å²) < 4.78 is 0. The number of benzene rings is 1. The molecule has 0 aliphatic carbocycles. The van der Waals surface area contributed by atoms with Gasteiger partial charge in [0.25, 0.3) is 5.91 Å². The van der Waals surface area contributed by atoms with Crippen LogP contribution >= 0.6 is 0 Å². The number of carbonyl (C=O) groups excluding carboxylic acids is 1. The summed E-state index contributed by atoms with van der Waals surface area (Å²) in [5.41, 5.74) is 8.19. The van der Waals surface area contributed by atoms with Crippen LogP contribution in [0.1, 0.15) is 55.5 Å². The zero-order valence-corrected chi connectivity index (χ0v) is 12.4. The normalized spacial score (nSPS) is 10.5. The summed E-state index contributed by atoms with van der Waals surface area (Å²) >= 11 is 0. The summed E-state index contributed by atoms with van der Waals surface area (Å²) in [4.78, 5) is 14.6. The van der Waals surface area contributed by atoms with Crippen molar-refractivity contribution in [1.29, 1.82) is 0 Å². The van der Waals surface area contributed by atoms with E-state index in [1.54, 1.807) is 6.07 Å². The van der Waals surface area contributed by atoms with Crippen LogP contribution in [0.4, 0.5) is 5.69 Å². The maximum absolute atomic E-state index is 12.6. The molecule has 1 amide bonds. The molecule has 0 aliphatic rings. The van der Waals surface area contributed by atoms with Crippen molar-refractivity contribution in [3.05, 3.63) is 29.3 Å². The molecule has 1 aromatic rings. The Labute approximate surface area is 116 Å². The predicted molar refractivity (Wildman–Crippen MR) is 81.3 cm³/mol. The Morgan fingerprint density at radius 3 is 2.26 bits per heavy atom. The van der Waals surface area contributed by atoms with Crippen molar-refractivity contribution in [3.8, 4) is 0 Å². The molecule has 0 spiro atoms. The van der Waals surface area contributed by atoms with Gasteiger partial charge in [-0.3, -0.25) is 4.79 Å². The number of amides is 1. The molecule has 0 fully saturated rings. The van der Waals surface area contributed by atoms with Crippen molar-refractivity contribution >= 4 is 11.6 Å². The molecule has 0 saturated carbocycles. The van der Waals surface area contributed by atoms with Crippen molar-refractivity contribution in [3.63, 3.8) is 0 Å². The highest BCUT2D eigenvalue weighted by Gasteiger charge is 2.16. The highest BCUT2D eigenvalue weighted by molar-refractivity contribution is 5.96. The average Bonchev–Trinajstić information content (AvgIpc) is 2.41. The first-order valence-corrected chi connectivity index (χ1v) is 7.25. The number of hydrogen-bond acceptors (Lipinski definition) is 2. The first kappa shape index (κ1) is 15.5. The Kier molecular flexibility index (Phi) is 6.40. The van der Waals surface area contributed by atoms with Gasteiger partial charge in [-0.2, -0.15) is 0 Å². The van der Waals surface area contributed by atoms with Gasteiger partial charge in [0.1, 0.15) is 0 Å². The monoisotopic (exact) mass is 262 g/mol. The van der Waals surface area contributed by atoms with Gasteiger partial charge in [0.05, 0.1) is 0 Å². The van der Waals surface area contributed by atoms with Crippen molar-refractivity contribution in [2.45, 2.75) is 46.5 Å². The van der Waals surface area contributed by atoms with Gasteiger partial charge in [-0.15, -0.1) is 0 Å². The summed E-state index contributed by atoms with van der Waals surface area (Å²) in [6.45, 7) is 7.93. The van der Waals surface area contributed by atoms with Crippen molar-refractivity contribution in [2.75, 3.05) is 18.8 Å². The second-order valence-corrected chi connectivity index (χ2v) is 5.07. The summed E-state index contributed by atoms with van der Waals surface area (Å²) in [6, 6.07) is 5.55. The number of unbranched alkanes of at least 4 members (excludes halogenated alkanes) is 2. The van der Waals surface area contributed by atoms with E-state index < -0.39 is 0 Å². The van der Waals surface area contributed by atoms with Crippen LogP contribution in [0.25, 0.3) is 0 Å². The Bertz CT molecular complexity index is 407. The molecule has 1 aromatic carbocycles. The molecule has 0 radical (unpaired) electrons. The number of nitrogens with two attached hydrogens (primary N) is 1. The lowest BCUT2D eigenvalue weighted by Crippen LogP contribution is -2.33. The Morgan fingerprint density at radius 1 is 1.16 bits per heavy atom. The maximum Gasteiger partial charge on any atom is 0.254 e. The van der Waals surface area contributed by atoms with E-state index in [1.165, 1.54) is 0 Å². The van der Waals surface area contributed by atoms with Crippen LogP contribution in [-0.4, -0.2) is 23.9 Å². The fourth-order valence-electron chi connectivity index (χ4n) is 2.05. The highest BCUT2D eigenvalue weighted by atomic mass is 16.2. The van der Waals surface area contributed by atoms with Gasteiger partial charge in [-0.05, 0) is 37.5 Å². The number of aryl methyl sites for hydroxylation is 1. The second-order valence-electron chi connectivity index (χ2n) is 5.07. The van der Waals surface area contributed by atoms with Crippen LogP contribution in [0.3, 0.4) is 0 Å². The fraction of sp³-hybridized carbons (Fsp3) is 0.562. The Balaban J connectivity index is 2.87. The first-order chi connectivity index (χ1) is 9.10. The van der Waals surface area contributed by atoms with E-state index in [9.17, 15) is 4.79 Å². The van der Waals surface area contributed by atoms with Crippen LogP contribution in [0.5, 0.6) is 0 Å². The number of nitrogen functional groups attached to an aromatic ring is 1. The van der Waals surface area contributed by atoms with Gasteiger partial charge in [0, 0.05) is 24.3 Å². The van der Waals surface area contributed by atoms with Gasteiger partial charge in [0.15, 0.2) is 0 Å². The number of hydrogen-bond donors (Lipinski definition) is 1. The standard InChI is InChI=1S/C16H26N2O/c1-4-6-10-18(11-7-5-2)16(19)15-12-14(17)9-8-13(15)3/h8-9,12H,4-7,10-11,17H2,1-3H3. The van der Waals surface area contributed by atoms with E-state index >= 15 is 0 Å². The summed E-state index contributed by atoms with van der Waals surface area (Å²) in [5.74, 6) is 0.117. The average molecular weight is 262 g/mol. The molecule has 3 heteroatoms. The fourth-order valence-corrected chi connectivity index (χ4v) is 2.05. The summed E-state index contributed by atoms with van der Waals surface area (Å²) in [7, 11) is 0. The molecule has 2 N–H and O–H groups in total. The third-order valence-corrected chi connectivity index (χ3v) is 3.34. The smallest absolute Gasteiger partial charge is 0.254 e. The van der Waals surface area contributed by atoms with Gasteiger partial charge in [-0.1, -0.05) is 32.8 Å². The topological polar surface area (TPSA) is 46.3 Å². The minimum absolute atomic E-state index is 0.117. The third-order valence-electron chi connectivity index (χ3n) is 3.34. The van der Waals surface area contributed by atoms with Gasteiger partial charge >= 0.3 is 0 Å². The third kappa shape index (κ3) is 4.58. The molecule has 0 heterocycles. The van der Waals surface area contributed by atoms with Crippen LogP contribution < -0.4 is 5.73 Å². The molecular weight excluding hydrogens is 236 g/mol. The number of carbonyl (C=O) groups is 1. The highest BCUT2D eigenvalue weighted by Crippen LogP contribution is 2.16. The van der Waals surface area contributed by atoms with E-state index in [2.05, 4.69) is 13.8 Å². The van der Waals surface area contributed by atoms with Crippen LogP contribution in [0.15, 0.2) is 18.2 Å². The minimum Gasteiger partial charge on any atom is -0.399 e. The molecule has 0 saturated heterocycles. The maximum atomic E-state index is 12.6. The summed E-state index contributed by atoms with van der Waals surface area (Å²) in [5, 5.41) is 0. The van der Waals surface area contributed by atoms with Gasteiger partial charge in [0.2, 0.25) is 0 Å². The molecule has 19 heavy (non-hydrogen) atoms. The van der Waals surface area contributed by atoms with E-state index in [0.717, 1.165) is 49.9 Å². The van der Waals surface area contributed by atoms with Gasteiger partial charge < -0.3 is 10.6 Å². The Hall–Kier alpha value is -1.51. The SMILES string of the molecule is CCCCN(CCCC)C(=O)c1cc(N)ccc1C.